The normalized spacial score (nSPS) is 12.0. The number of nitrogens with one attached hydrogen (secondary N) is 1. The zero-order chi connectivity index (χ0) is 14.7. The second-order valence-electron chi connectivity index (χ2n) is 4.74. The minimum atomic E-state index is -0.000313. The lowest BCUT2D eigenvalue weighted by molar-refractivity contribution is 0.781. The highest BCUT2D eigenvalue weighted by Crippen LogP contribution is 2.23. The van der Waals surface area contributed by atoms with Crippen LogP contribution in [-0.2, 0) is 0 Å². The van der Waals surface area contributed by atoms with Crippen LogP contribution in [0, 0.1) is 0 Å². The minimum Gasteiger partial charge on any atom is -0.398 e. The number of para-hydroxylation sites is 2. The Kier molecular flexibility index (Phi) is 3.51. The van der Waals surface area contributed by atoms with E-state index in [1.807, 2.05) is 61.5 Å². The molecule has 0 bridgehead atoms. The van der Waals surface area contributed by atoms with E-state index in [0.717, 1.165) is 16.9 Å². The summed E-state index contributed by atoms with van der Waals surface area (Å²) in [6.45, 7) is 2.02. The van der Waals surface area contributed by atoms with Crippen molar-refractivity contribution in [2.75, 3.05) is 11.1 Å². The summed E-state index contributed by atoms with van der Waals surface area (Å²) in [5.74, 6) is 0.581. The molecule has 6 nitrogen and oxygen atoms in total. The van der Waals surface area contributed by atoms with Gasteiger partial charge in [0.25, 0.3) is 0 Å². The van der Waals surface area contributed by atoms with E-state index in [1.54, 1.807) is 4.68 Å². The van der Waals surface area contributed by atoms with Gasteiger partial charge in [-0.05, 0) is 41.1 Å². The molecule has 0 fully saturated rings. The van der Waals surface area contributed by atoms with Gasteiger partial charge in [-0.1, -0.05) is 41.5 Å². The fourth-order valence-electron chi connectivity index (χ4n) is 2.20. The number of nitrogens with two attached hydrogens (primary N) is 1. The lowest BCUT2D eigenvalue weighted by Crippen LogP contribution is -2.13. The Balaban J connectivity index is 1.87. The van der Waals surface area contributed by atoms with Crippen LogP contribution in [0.1, 0.15) is 18.5 Å². The number of hydrogen-bond donors (Lipinski definition) is 2. The molecule has 0 radical (unpaired) electrons. The first-order valence-electron chi connectivity index (χ1n) is 6.70. The number of nitrogen functional groups attached to an aromatic ring is 1. The number of hydrogen-bond acceptors (Lipinski definition) is 5. The number of anilines is 2. The number of benzene rings is 2. The van der Waals surface area contributed by atoms with Gasteiger partial charge >= 0.3 is 0 Å². The van der Waals surface area contributed by atoms with Crippen LogP contribution in [0.5, 0.6) is 0 Å². The lowest BCUT2D eigenvalue weighted by Gasteiger charge is -2.16. The highest BCUT2D eigenvalue weighted by molar-refractivity contribution is 5.50. The topological polar surface area (TPSA) is 81.7 Å². The van der Waals surface area contributed by atoms with Crippen molar-refractivity contribution in [2.24, 2.45) is 0 Å². The molecule has 1 heterocycles. The molecule has 0 aliphatic rings. The molecule has 0 amide bonds. The van der Waals surface area contributed by atoms with Crippen molar-refractivity contribution in [3.8, 4) is 5.69 Å². The molecule has 0 saturated carbocycles. The monoisotopic (exact) mass is 280 g/mol. The Bertz CT molecular complexity index is 722. The average Bonchev–Trinajstić information content (AvgIpc) is 2.96. The fraction of sp³-hybridized carbons (Fsp3) is 0.133. The van der Waals surface area contributed by atoms with Crippen molar-refractivity contribution in [1.29, 1.82) is 0 Å². The molecule has 21 heavy (non-hydrogen) atoms. The van der Waals surface area contributed by atoms with E-state index in [4.69, 9.17) is 5.73 Å². The van der Waals surface area contributed by atoms with Crippen molar-refractivity contribution < 1.29 is 0 Å². The SMILES string of the molecule is CC(Nc1nnnn1-c1ccccc1)c1ccccc1N. The third kappa shape index (κ3) is 2.69. The van der Waals surface area contributed by atoms with Gasteiger partial charge in [0.05, 0.1) is 11.7 Å². The summed E-state index contributed by atoms with van der Waals surface area (Å²) in [6, 6.07) is 17.5. The van der Waals surface area contributed by atoms with E-state index in [0.29, 0.717) is 5.95 Å². The van der Waals surface area contributed by atoms with Crippen molar-refractivity contribution >= 4 is 11.6 Å². The summed E-state index contributed by atoms with van der Waals surface area (Å²) in [5, 5.41) is 15.1. The van der Waals surface area contributed by atoms with Gasteiger partial charge in [-0.2, -0.15) is 4.68 Å². The molecule has 3 rings (SSSR count). The number of tetrazole rings is 1. The Morgan fingerprint density at radius 1 is 1.05 bits per heavy atom. The highest BCUT2D eigenvalue weighted by atomic mass is 15.6. The predicted octanol–water partition coefficient (Wildman–Crippen LogP) is 2.42. The molecular formula is C15H16N6. The van der Waals surface area contributed by atoms with Crippen molar-refractivity contribution in [1.82, 2.24) is 20.2 Å². The van der Waals surface area contributed by atoms with E-state index in [1.165, 1.54) is 0 Å². The van der Waals surface area contributed by atoms with Crippen molar-refractivity contribution in [3.63, 3.8) is 0 Å². The quantitative estimate of drug-likeness (QED) is 0.717. The minimum absolute atomic E-state index is 0.000313. The molecule has 6 heteroatoms. The molecule has 0 aliphatic carbocycles. The van der Waals surface area contributed by atoms with E-state index in [-0.39, 0.29) is 6.04 Å². The van der Waals surface area contributed by atoms with E-state index in [2.05, 4.69) is 20.8 Å². The van der Waals surface area contributed by atoms with Crippen LogP contribution in [0.2, 0.25) is 0 Å². The first-order chi connectivity index (χ1) is 10.3. The Hall–Kier alpha value is -2.89. The molecule has 3 aromatic rings. The zero-order valence-electron chi connectivity index (χ0n) is 11.6. The molecule has 1 unspecified atom stereocenters. The Labute approximate surface area is 122 Å². The summed E-state index contributed by atoms with van der Waals surface area (Å²) in [7, 11) is 0. The molecule has 1 aromatic heterocycles. The second-order valence-corrected chi connectivity index (χ2v) is 4.74. The summed E-state index contributed by atoms with van der Waals surface area (Å²) in [6.07, 6.45) is 0. The number of aromatic nitrogens is 4. The third-order valence-corrected chi connectivity index (χ3v) is 3.28. The second kappa shape index (κ2) is 5.62. The van der Waals surface area contributed by atoms with Gasteiger partial charge in [0.2, 0.25) is 5.95 Å². The van der Waals surface area contributed by atoms with Gasteiger partial charge in [0.15, 0.2) is 0 Å². The van der Waals surface area contributed by atoms with Gasteiger partial charge in [0.1, 0.15) is 0 Å². The van der Waals surface area contributed by atoms with Crippen molar-refractivity contribution in [2.45, 2.75) is 13.0 Å². The third-order valence-electron chi connectivity index (χ3n) is 3.28. The molecule has 1 atom stereocenters. The van der Waals surface area contributed by atoms with Crippen LogP contribution in [0.15, 0.2) is 54.6 Å². The largest absolute Gasteiger partial charge is 0.398 e. The highest BCUT2D eigenvalue weighted by Gasteiger charge is 2.13. The van der Waals surface area contributed by atoms with Gasteiger partial charge in [-0.25, -0.2) is 0 Å². The van der Waals surface area contributed by atoms with Crippen LogP contribution in [0.3, 0.4) is 0 Å². The zero-order valence-corrected chi connectivity index (χ0v) is 11.6. The van der Waals surface area contributed by atoms with Gasteiger partial charge in [0, 0.05) is 5.69 Å². The molecule has 3 N–H and O–H groups in total. The number of nitrogens with zero attached hydrogens (tertiary/aromatic N) is 4. The van der Waals surface area contributed by atoms with E-state index < -0.39 is 0 Å². The fourth-order valence-corrected chi connectivity index (χ4v) is 2.20. The predicted molar refractivity (Wildman–Crippen MR) is 82.0 cm³/mol. The maximum Gasteiger partial charge on any atom is 0.248 e. The maximum atomic E-state index is 6.00. The molecule has 106 valence electrons. The lowest BCUT2D eigenvalue weighted by atomic mass is 10.1. The van der Waals surface area contributed by atoms with Crippen LogP contribution < -0.4 is 11.1 Å². The first kappa shape index (κ1) is 13.1. The van der Waals surface area contributed by atoms with Gasteiger partial charge in [-0.15, -0.1) is 0 Å². The molecule has 0 saturated heterocycles. The van der Waals surface area contributed by atoms with Crippen LogP contribution >= 0.6 is 0 Å². The Morgan fingerprint density at radius 3 is 2.52 bits per heavy atom. The average molecular weight is 280 g/mol. The summed E-state index contributed by atoms with van der Waals surface area (Å²) in [5.41, 5.74) is 8.66. The van der Waals surface area contributed by atoms with E-state index >= 15 is 0 Å². The molecular weight excluding hydrogens is 264 g/mol. The smallest absolute Gasteiger partial charge is 0.248 e. The van der Waals surface area contributed by atoms with E-state index in [9.17, 15) is 0 Å². The first-order valence-corrected chi connectivity index (χ1v) is 6.70. The summed E-state index contributed by atoms with van der Waals surface area (Å²) < 4.78 is 1.66. The van der Waals surface area contributed by atoms with Crippen molar-refractivity contribution in [3.05, 3.63) is 60.2 Å². The number of rotatable bonds is 4. The maximum absolute atomic E-state index is 6.00. The molecule has 2 aromatic carbocycles. The standard InChI is InChI=1S/C15H16N6/c1-11(13-9-5-6-10-14(13)16)17-15-18-19-20-21(15)12-7-3-2-4-8-12/h2-11H,16H2,1H3,(H,17,18,20). The molecule has 0 aliphatic heterocycles. The van der Waals surface area contributed by atoms with Gasteiger partial charge in [-0.3, -0.25) is 0 Å². The van der Waals surface area contributed by atoms with Crippen LogP contribution in [0.4, 0.5) is 11.6 Å². The van der Waals surface area contributed by atoms with Crippen LogP contribution in [-0.4, -0.2) is 20.2 Å². The summed E-state index contributed by atoms with van der Waals surface area (Å²) >= 11 is 0. The van der Waals surface area contributed by atoms with Crippen LogP contribution in [0.25, 0.3) is 5.69 Å². The Morgan fingerprint density at radius 2 is 1.76 bits per heavy atom. The van der Waals surface area contributed by atoms with Gasteiger partial charge < -0.3 is 11.1 Å². The summed E-state index contributed by atoms with van der Waals surface area (Å²) in [4.78, 5) is 0. The molecule has 0 spiro atoms.